The van der Waals surface area contributed by atoms with E-state index in [0.29, 0.717) is 23.3 Å². The first-order valence-electron chi connectivity index (χ1n) is 6.85. The second kappa shape index (κ2) is 6.28. The molecule has 0 aliphatic heterocycles. The third-order valence-electron chi connectivity index (χ3n) is 3.67. The number of halogens is 1. The van der Waals surface area contributed by atoms with Crippen molar-refractivity contribution in [1.82, 2.24) is 9.71 Å². The zero-order valence-electron chi connectivity index (χ0n) is 11.7. The number of anilines is 1. The van der Waals surface area contributed by atoms with Crippen LogP contribution in [0.2, 0.25) is 5.02 Å². The predicted molar refractivity (Wildman–Crippen MR) is 80.5 cm³/mol. The van der Waals surface area contributed by atoms with Crippen LogP contribution in [0.25, 0.3) is 0 Å². The van der Waals surface area contributed by atoms with Crippen LogP contribution in [-0.2, 0) is 10.0 Å². The lowest BCUT2D eigenvalue weighted by atomic mass is 9.81. The van der Waals surface area contributed by atoms with Crippen LogP contribution in [0.15, 0.2) is 17.2 Å². The summed E-state index contributed by atoms with van der Waals surface area (Å²) in [5.41, 5.74) is 0. The van der Waals surface area contributed by atoms with Crippen LogP contribution in [0.5, 0.6) is 0 Å². The SMILES string of the molecule is CCNc1ncc(S(=O)(=O)NC(C)C2CCC2)cc1Cl. The van der Waals surface area contributed by atoms with E-state index in [9.17, 15) is 8.42 Å². The molecule has 1 aromatic rings. The molecule has 2 rings (SSSR count). The van der Waals surface area contributed by atoms with Gasteiger partial charge in [0, 0.05) is 18.8 Å². The molecule has 1 saturated carbocycles. The maximum atomic E-state index is 12.3. The number of sulfonamides is 1. The van der Waals surface area contributed by atoms with E-state index in [2.05, 4.69) is 15.0 Å². The van der Waals surface area contributed by atoms with Gasteiger partial charge in [-0.05, 0) is 38.7 Å². The lowest BCUT2D eigenvalue weighted by Crippen LogP contribution is -2.40. The molecule has 1 fully saturated rings. The lowest BCUT2D eigenvalue weighted by Gasteiger charge is -2.31. The second-order valence-electron chi connectivity index (χ2n) is 5.13. The highest BCUT2D eigenvalue weighted by molar-refractivity contribution is 7.89. The minimum Gasteiger partial charge on any atom is -0.369 e. The van der Waals surface area contributed by atoms with E-state index in [1.165, 1.54) is 18.7 Å². The fourth-order valence-electron chi connectivity index (χ4n) is 2.21. The van der Waals surface area contributed by atoms with Crippen molar-refractivity contribution in [2.75, 3.05) is 11.9 Å². The average molecular weight is 318 g/mol. The Bertz CT molecular complexity index is 573. The Labute approximate surface area is 125 Å². The van der Waals surface area contributed by atoms with Crippen LogP contribution in [0.4, 0.5) is 5.82 Å². The fourth-order valence-corrected chi connectivity index (χ4v) is 3.79. The van der Waals surface area contributed by atoms with Crippen LogP contribution >= 0.6 is 11.6 Å². The molecule has 1 heterocycles. The van der Waals surface area contributed by atoms with E-state index in [4.69, 9.17) is 11.6 Å². The summed E-state index contributed by atoms with van der Waals surface area (Å²) in [5.74, 6) is 0.939. The van der Waals surface area contributed by atoms with Gasteiger partial charge in [0.25, 0.3) is 0 Å². The third-order valence-corrected chi connectivity index (χ3v) is 5.48. The molecular weight excluding hydrogens is 298 g/mol. The summed E-state index contributed by atoms with van der Waals surface area (Å²) >= 11 is 6.03. The standard InChI is InChI=1S/C13H20ClN3O2S/c1-3-15-13-12(14)7-11(8-16-13)20(18,19)17-9(2)10-5-4-6-10/h7-10,17H,3-6H2,1-2H3,(H,15,16). The molecule has 0 amide bonds. The van der Waals surface area contributed by atoms with Gasteiger partial charge in [0.15, 0.2) is 0 Å². The predicted octanol–water partition coefficient (Wildman–Crippen LogP) is 2.63. The molecule has 5 nitrogen and oxygen atoms in total. The minimum atomic E-state index is -3.56. The highest BCUT2D eigenvalue weighted by atomic mass is 35.5. The Morgan fingerprint density at radius 3 is 2.70 bits per heavy atom. The first-order chi connectivity index (χ1) is 9.44. The van der Waals surface area contributed by atoms with Crippen LogP contribution in [-0.4, -0.2) is 26.0 Å². The number of hydrogen-bond acceptors (Lipinski definition) is 4. The number of rotatable bonds is 6. The second-order valence-corrected chi connectivity index (χ2v) is 7.25. The van der Waals surface area contributed by atoms with Crippen LogP contribution in [0.3, 0.4) is 0 Å². The van der Waals surface area contributed by atoms with Crippen molar-refractivity contribution in [2.45, 2.75) is 44.0 Å². The molecule has 0 radical (unpaired) electrons. The number of nitrogens with one attached hydrogen (secondary N) is 2. The fraction of sp³-hybridized carbons (Fsp3) is 0.615. The molecule has 1 aliphatic rings. The number of pyridine rings is 1. The van der Waals surface area contributed by atoms with Gasteiger partial charge in [-0.3, -0.25) is 0 Å². The van der Waals surface area contributed by atoms with Crippen molar-refractivity contribution in [3.05, 3.63) is 17.3 Å². The zero-order chi connectivity index (χ0) is 14.8. The van der Waals surface area contributed by atoms with Crippen molar-refractivity contribution >= 4 is 27.4 Å². The Kier molecular flexibility index (Phi) is 4.88. The van der Waals surface area contributed by atoms with E-state index in [0.717, 1.165) is 12.8 Å². The maximum Gasteiger partial charge on any atom is 0.242 e. The molecule has 7 heteroatoms. The molecule has 1 aliphatic carbocycles. The summed E-state index contributed by atoms with van der Waals surface area (Å²) in [7, 11) is -3.56. The smallest absolute Gasteiger partial charge is 0.242 e. The van der Waals surface area contributed by atoms with Crippen molar-refractivity contribution < 1.29 is 8.42 Å². The maximum absolute atomic E-state index is 12.3. The Morgan fingerprint density at radius 1 is 1.50 bits per heavy atom. The molecule has 1 aromatic heterocycles. The summed E-state index contributed by atoms with van der Waals surface area (Å²) in [6.45, 7) is 4.50. The van der Waals surface area contributed by atoms with Crippen LogP contribution < -0.4 is 10.0 Å². The quantitative estimate of drug-likeness (QED) is 0.846. The molecular formula is C13H20ClN3O2S. The van der Waals surface area contributed by atoms with E-state index in [1.54, 1.807) is 0 Å². The summed E-state index contributed by atoms with van der Waals surface area (Å²) in [4.78, 5) is 4.17. The molecule has 0 aromatic carbocycles. The number of aromatic nitrogens is 1. The average Bonchev–Trinajstić information content (AvgIpc) is 2.28. The van der Waals surface area contributed by atoms with Gasteiger partial charge >= 0.3 is 0 Å². The summed E-state index contributed by atoms with van der Waals surface area (Å²) in [6, 6.07) is 1.38. The van der Waals surface area contributed by atoms with Gasteiger partial charge < -0.3 is 5.32 Å². The third kappa shape index (κ3) is 3.42. The van der Waals surface area contributed by atoms with Gasteiger partial charge in [0.05, 0.1) is 5.02 Å². The molecule has 20 heavy (non-hydrogen) atoms. The molecule has 112 valence electrons. The first-order valence-corrected chi connectivity index (χ1v) is 8.72. The van der Waals surface area contributed by atoms with Gasteiger partial charge in [-0.25, -0.2) is 18.1 Å². The molecule has 0 saturated heterocycles. The van der Waals surface area contributed by atoms with Gasteiger partial charge in [-0.2, -0.15) is 0 Å². The van der Waals surface area contributed by atoms with Crippen molar-refractivity contribution in [2.24, 2.45) is 5.92 Å². The van der Waals surface area contributed by atoms with Crippen molar-refractivity contribution in [1.29, 1.82) is 0 Å². The van der Waals surface area contributed by atoms with E-state index in [-0.39, 0.29) is 10.9 Å². The van der Waals surface area contributed by atoms with Gasteiger partial charge in [0.1, 0.15) is 10.7 Å². The topological polar surface area (TPSA) is 71.1 Å². The monoisotopic (exact) mass is 317 g/mol. The lowest BCUT2D eigenvalue weighted by molar-refractivity contribution is 0.260. The molecule has 0 spiro atoms. The van der Waals surface area contributed by atoms with Gasteiger partial charge in [-0.15, -0.1) is 0 Å². The van der Waals surface area contributed by atoms with E-state index >= 15 is 0 Å². The van der Waals surface area contributed by atoms with Crippen molar-refractivity contribution in [3.63, 3.8) is 0 Å². The van der Waals surface area contributed by atoms with Crippen LogP contribution in [0.1, 0.15) is 33.1 Å². The summed E-state index contributed by atoms with van der Waals surface area (Å²) in [5, 5.41) is 3.28. The summed E-state index contributed by atoms with van der Waals surface area (Å²) in [6.07, 6.45) is 4.69. The molecule has 2 N–H and O–H groups in total. The van der Waals surface area contributed by atoms with Crippen LogP contribution in [0, 0.1) is 5.92 Å². The van der Waals surface area contributed by atoms with Gasteiger partial charge in [-0.1, -0.05) is 18.0 Å². The normalized spacial score (nSPS) is 17.6. The Hall–Kier alpha value is -0.850. The molecule has 0 bridgehead atoms. The molecule has 1 atom stereocenters. The number of nitrogens with zero attached hydrogens (tertiary/aromatic N) is 1. The first kappa shape index (κ1) is 15.5. The number of hydrogen-bond donors (Lipinski definition) is 2. The minimum absolute atomic E-state index is 0.0547. The van der Waals surface area contributed by atoms with E-state index in [1.807, 2.05) is 13.8 Å². The Balaban J connectivity index is 2.14. The largest absolute Gasteiger partial charge is 0.369 e. The van der Waals surface area contributed by atoms with Crippen molar-refractivity contribution in [3.8, 4) is 0 Å². The highest BCUT2D eigenvalue weighted by Crippen LogP contribution is 2.30. The Morgan fingerprint density at radius 2 is 2.20 bits per heavy atom. The zero-order valence-corrected chi connectivity index (χ0v) is 13.3. The summed E-state index contributed by atoms with van der Waals surface area (Å²) < 4.78 is 27.3. The highest BCUT2D eigenvalue weighted by Gasteiger charge is 2.28. The van der Waals surface area contributed by atoms with Gasteiger partial charge in [0.2, 0.25) is 10.0 Å². The van der Waals surface area contributed by atoms with E-state index < -0.39 is 10.0 Å². The molecule has 1 unspecified atom stereocenters.